The van der Waals surface area contributed by atoms with E-state index in [0.29, 0.717) is 13.0 Å². The Bertz CT molecular complexity index is 1140. The summed E-state index contributed by atoms with van der Waals surface area (Å²) in [6.45, 7) is 18.0. The first-order valence-corrected chi connectivity index (χ1v) is 19.1. The third-order valence-electron chi connectivity index (χ3n) is 12.2. The van der Waals surface area contributed by atoms with Gasteiger partial charge in [0.15, 0.2) is 12.6 Å². The van der Waals surface area contributed by atoms with Gasteiger partial charge < -0.3 is 63.8 Å². The van der Waals surface area contributed by atoms with Crippen LogP contribution in [-0.2, 0) is 33.2 Å². The number of ether oxygens (including phenoxy) is 6. The van der Waals surface area contributed by atoms with Gasteiger partial charge in [0, 0.05) is 38.1 Å². The highest BCUT2D eigenvalue weighted by Gasteiger charge is 2.52. The molecule has 18 atom stereocenters. The van der Waals surface area contributed by atoms with E-state index < -0.39 is 96.0 Å². The van der Waals surface area contributed by atoms with Crippen molar-refractivity contribution in [3.05, 3.63) is 0 Å². The molecule has 12 unspecified atom stereocenters. The minimum Gasteiger partial charge on any atom is -0.459 e. The molecule has 306 valence electrons. The van der Waals surface area contributed by atoms with Gasteiger partial charge in [0.1, 0.15) is 30.0 Å². The number of cyclic esters (lactones) is 1. The number of methoxy groups -OCH3 is 1. The maximum atomic E-state index is 14.2. The van der Waals surface area contributed by atoms with Gasteiger partial charge in [-0.3, -0.25) is 4.79 Å². The predicted molar refractivity (Wildman–Crippen MR) is 194 cm³/mol. The van der Waals surface area contributed by atoms with Crippen LogP contribution in [0, 0.1) is 17.8 Å². The molecule has 0 aromatic rings. The van der Waals surface area contributed by atoms with Crippen LogP contribution in [0.15, 0.2) is 0 Å². The normalized spacial score (nSPS) is 49.6. The van der Waals surface area contributed by atoms with Crippen LogP contribution in [0.4, 0.5) is 0 Å². The molecule has 3 heterocycles. The second kappa shape index (κ2) is 17.8. The average Bonchev–Trinajstić information content (AvgIpc) is 3.05. The van der Waals surface area contributed by atoms with E-state index in [1.807, 2.05) is 51.7 Å². The number of carbonyl (C=O) groups is 1. The summed E-state index contributed by atoms with van der Waals surface area (Å²) in [6.07, 6.45) is -8.19. The summed E-state index contributed by atoms with van der Waals surface area (Å²) in [6, 6.07) is -0.808. The molecule has 14 nitrogen and oxygen atoms in total. The molecule has 3 aliphatic heterocycles. The van der Waals surface area contributed by atoms with Crippen molar-refractivity contribution in [3.63, 3.8) is 0 Å². The predicted octanol–water partition coefficient (Wildman–Crippen LogP) is 1.90. The summed E-state index contributed by atoms with van der Waals surface area (Å²) in [5.74, 6) is -2.58. The van der Waals surface area contributed by atoms with Crippen LogP contribution in [-0.4, -0.2) is 166 Å². The Kier molecular flexibility index (Phi) is 15.6. The molecule has 0 aromatic carbocycles. The second-order valence-corrected chi connectivity index (χ2v) is 17.2. The summed E-state index contributed by atoms with van der Waals surface area (Å²) in [5.41, 5.74) is -4.37. The fourth-order valence-corrected chi connectivity index (χ4v) is 8.74. The Morgan fingerprint density at radius 1 is 0.942 bits per heavy atom. The molecular formula is C38H72N2O12. The maximum absolute atomic E-state index is 14.2. The Hall–Kier alpha value is -1.01. The van der Waals surface area contributed by atoms with E-state index in [2.05, 4.69) is 0 Å². The van der Waals surface area contributed by atoms with Crippen LogP contribution < -0.4 is 0 Å². The molecular weight excluding hydrogens is 676 g/mol. The van der Waals surface area contributed by atoms with Crippen molar-refractivity contribution in [2.75, 3.05) is 34.8 Å². The number of hydrogen-bond donors (Lipinski definition) is 5. The van der Waals surface area contributed by atoms with E-state index in [-0.39, 0.29) is 37.3 Å². The second-order valence-electron chi connectivity index (χ2n) is 17.2. The standard InChI is InChI=1S/C38H72N2O12/c1-15-27-38(10,46)31(42)24(6)40(13)19-20(2)17-36(8,45)33(52-35-29(41)26(39(11)12)16-21(3)48-35)22(4)30(23(5)34(44)50-27)51-28-18-37(9,47-14)32(43)25(7)49-28/h20-33,35,41-43,45-46H,15-19H2,1-14H3/t20?,21?,22?,23-,24?,25?,26?,27?,28+,29?,30?,31?,32?,33?,35+,36+,37+,38+/m0/s1. The van der Waals surface area contributed by atoms with Crippen molar-refractivity contribution < 1.29 is 58.7 Å². The van der Waals surface area contributed by atoms with Crippen molar-refractivity contribution in [2.45, 2.75) is 185 Å². The minimum absolute atomic E-state index is 0.133. The van der Waals surface area contributed by atoms with Crippen LogP contribution in [0.5, 0.6) is 0 Å². The molecule has 0 radical (unpaired) electrons. The molecule has 0 bridgehead atoms. The molecule has 0 aromatic heterocycles. The number of aliphatic hydroxyl groups is 5. The van der Waals surface area contributed by atoms with Crippen molar-refractivity contribution in [2.24, 2.45) is 17.8 Å². The molecule has 0 saturated carbocycles. The average molecular weight is 749 g/mol. The Morgan fingerprint density at radius 3 is 2.12 bits per heavy atom. The summed E-state index contributed by atoms with van der Waals surface area (Å²) >= 11 is 0. The van der Waals surface area contributed by atoms with Crippen LogP contribution in [0.3, 0.4) is 0 Å². The molecule has 14 heteroatoms. The van der Waals surface area contributed by atoms with Crippen LogP contribution in [0.2, 0.25) is 0 Å². The lowest BCUT2D eigenvalue weighted by atomic mass is 9.77. The van der Waals surface area contributed by atoms with Gasteiger partial charge in [-0.2, -0.15) is 0 Å². The number of carbonyl (C=O) groups excluding carboxylic acids is 1. The summed E-state index contributed by atoms with van der Waals surface area (Å²) in [7, 11) is 7.12. The highest BCUT2D eigenvalue weighted by atomic mass is 16.7. The van der Waals surface area contributed by atoms with Gasteiger partial charge in [0.05, 0.1) is 41.5 Å². The zero-order chi connectivity index (χ0) is 39.7. The lowest BCUT2D eigenvalue weighted by Gasteiger charge is -2.48. The van der Waals surface area contributed by atoms with Crippen molar-refractivity contribution in [1.29, 1.82) is 0 Å². The van der Waals surface area contributed by atoms with E-state index >= 15 is 0 Å². The van der Waals surface area contributed by atoms with Crippen LogP contribution in [0.1, 0.15) is 94.9 Å². The minimum atomic E-state index is -1.80. The summed E-state index contributed by atoms with van der Waals surface area (Å²) in [4.78, 5) is 18.0. The highest BCUT2D eigenvalue weighted by molar-refractivity contribution is 5.73. The van der Waals surface area contributed by atoms with E-state index in [1.54, 1.807) is 41.5 Å². The van der Waals surface area contributed by atoms with Gasteiger partial charge in [-0.15, -0.1) is 0 Å². The first-order valence-electron chi connectivity index (χ1n) is 19.1. The van der Waals surface area contributed by atoms with E-state index in [4.69, 9.17) is 28.4 Å². The van der Waals surface area contributed by atoms with E-state index in [9.17, 15) is 30.3 Å². The third kappa shape index (κ3) is 10.0. The van der Waals surface area contributed by atoms with Gasteiger partial charge in [0.25, 0.3) is 0 Å². The Balaban J connectivity index is 2.17. The monoisotopic (exact) mass is 749 g/mol. The zero-order valence-electron chi connectivity index (χ0n) is 34.2. The first kappa shape index (κ1) is 45.4. The van der Waals surface area contributed by atoms with Gasteiger partial charge in [-0.25, -0.2) is 0 Å². The summed E-state index contributed by atoms with van der Waals surface area (Å²) < 4.78 is 37.5. The number of esters is 1. The lowest BCUT2D eigenvalue weighted by molar-refractivity contribution is -0.318. The summed E-state index contributed by atoms with van der Waals surface area (Å²) in [5, 5.41) is 58.1. The smallest absolute Gasteiger partial charge is 0.311 e. The molecule has 3 saturated heterocycles. The third-order valence-corrected chi connectivity index (χ3v) is 12.2. The molecule has 0 spiro atoms. The molecule has 5 N–H and O–H groups in total. The van der Waals surface area contributed by atoms with Gasteiger partial charge in [0.2, 0.25) is 0 Å². The van der Waals surface area contributed by atoms with Crippen LogP contribution in [0.25, 0.3) is 0 Å². The molecule has 52 heavy (non-hydrogen) atoms. The topological polar surface area (TPSA) is 180 Å². The zero-order valence-corrected chi connectivity index (χ0v) is 34.2. The van der Waals surface area contributed by atoms with Crippen LogP contribution >= 0.6 is 0 Å². The quantitative estimate of drug-likeness (QED) is 0.238. The number of likely N-dealkylation sites (N-methyl/N-ethyl adjacent to an activating group) is 2. The van der Waals surface area contributed by atoms with Crippen molar-refractivity contribution in [3.8, 4) is 0 Å². The van der Waals surface area contributed by atoms with E-state index in [0.717, 1.165) is 0 Å². The Labute approximate surface area is 312 Å². The van der Waals surface area contributed by atoms with Crippen molar-refractivity contribution >= 4 is 5.97 Å². The van der Waals surface area contributed by atoms with E-state index in [1.165, 1.54) is 14.0 Å². The Morgan fingerprint density at radius 2 is 1.56 bits per heavy atom. The lowest BCUT2D eigenvalue weighted by Crippen LogP contribution is -2.60. The SMILES string of the molecule is CCC1OC(=O)[C@@H](C)C(O[C@@H]2C[C@@](C)(OC)C(O)C(C)O2)C(C)C(O[C@H]2OC(C)CC(N(C)C)C2O)[C@](C)(O)CC(C)CN(C)C(C)C(O)[C@]1(C)O. The number of aliphatic hydroxyl groups excluding tert-OH is 3. The molecule has 0 aliphatic carbocycles. The molecule has 3 rings (SSSR count). The maximum Gasteiger partial charge on any atom is 0.311 e. The fourth-order valence-electron chi connectivity index (χ4n) is 8.74. The van der Waals surface area contributed by atoms with Gasteiger partial charge >= 0.3 is 5.97 Å². The number of rotatable bonds is 7. The molecule has 3 fully saturated rings. The number of nitrogens with zero attached hydrogens (tertiary/aromatic N) is 2. The van der Waals surface area contributed by atoms with Gasteiger partial charge in [-0.05, 0) is 94.8 Å². The van der Waals surface area contributed by atoms with Gasteiger partial charge in [-0.1, -0.05) is 20.8 Å². The highest BCUT2D eigenvalue weighted by Crippen LogP contribution is 2.40. The first-order chi connectivity index (χ1) is 23.9. The molecule has 0 amide bonds. The largest absolute Gasteiger partial charge is 0.459 e. The fraction of sp³-hybridized carbons (Fsp3) is 0.974. The molecule has 3 aliphatic rings. The number of hydrogen-bond acceptors (Lipinski definition) is 14. The van der Waals surface area contributed by atoms with Crippen molar-refractivity contribution in [1.82, 2.24) is 9.80 Å².